The van der Waals surface area contributed by atoms with Crippen molar-refractivity contribution in [2.24, 2.45) is 56.2 Å². The fourth-order valence-electron chi connectivity index (χ4n) is 13.3. The number of rotatable bonds is 9. The van der Waals surface area contributed by atoms with E-state index in [1.807, 2.05) is 0 Å². The van der Waals surface area contributed by atoms with Crippen molar-refractivity contribution < 1.29 is 29.0 Å². The van der Waals surface area contributed by atoms with Gasteiger partial charge in [-0.1, -0.05) is 66.1 Å². The van der Waals surface area contributed by atoms with Crippen molar-refractivity contribution in [3.8, 4) is 0 Å². The Morgan fingerprint density at radius 3 is 2.24 bits per heavy atom. The van der Waals surface area contributed by atoms with Gasteiger partial charge in [0.15, 0.2) is 11.6 Å². The maximum Gasteiger partial charge on any atom is 0.309 e. The van der Waals surface area contributed by atoms with E-state index in [0.717, 1.165) is 69.8 Å². The zero-order chi connectivity index (χ0) is 40.1. The van der Waals surface area contributed by atoms with Crippen LogP contribution in [0.15, 0.2) is 35.7 Å². The van der Waals surface area contributed by atoms with Crippen LogP contribution in [0, 0.1) is 56.2 Å². The van der Waals surface area contributed by atoms with Crippen molar-refractivity contribution in [2.75, 3.05) is 0 Å². The van der Waals surface area contributed by atoms with Gasteiger partial charge in [0, 0.05) is 29.6 Å². The number of hydrogen-bond donors (Lipinski definition) is 2. The number of aromatic nitrogens is 2. The molecule has 0 radical (unpaired) electrons. The van der Waals surface area contributed by atoms with Gasteiger partial charge in [-0.05, 0) is 135 Å². The fourth-order valence-corrected chi connectivity index (χ4v) is 13.4. The molecule has 9 nitrogen and oxygen atoms in total. The number of esters is 1. The van der Waals surface area contributed by atoms with Crippen molar-refractivity contribution in [3.63, 3.8) is 0 Å². The lowest BCUT2D eigenvalue weighted by molar-refractivity contribution is -0.232. The molecule has 0 aromatic carbocycles. The minimum Gasteiger partial charge on any atom is -0.481 e. The molecule has 300 valence electrons. The van der Waals surface area contributed by atoms with Crippen LogP contribution in [-0.2, 0) is 29.5 Å². The maximum atomic E-state index is 14.1. The third-order valence-electron chi connectivity index (χ3n) is 16.6. The smallest absolute Gasteiger partial charge is 0.309 e. The number of aliphatic carboxylic acids is 1. The highest BCUT2D eigenvalue weighted by atomic mass is 35.5. The number of ketones is 1. The number of carboxylic acid groups (broad SMARTS) is 1. The molecule has 1 amide bonds. The number of amides is 1. The third-order valence-corrected chi connectivity index (χ3v) is 16.8. The average Bonchev–Trinajstić information content (AvgIpc) is 3.80. The molecular formula is C45H62ClN3O6. The molecule has 55 heavy (non-hydrogen) atoms. The second-order valence-corrected chi connectivity index (χ2v) is 21.1. The number of hydrogen-bond acceptors (Lipinski definition) is 7. The van der Waals surface area contributed by atoms with Crippen LogP contribution in [0.3, 0.4) is 0 Å². The summed E-state index contributed by atoms with van der Waals surface area (Å²) in [7, 11) is 0. The SMILES string of the molecule is CC(C)C1=C2C3CC[C@@H]4[C@@]5(C)CC[C@H](OC(=O)CC(C)(C)C(=O)O)C(C)(C)[C@@H]5CC[C@@]4(C)[C@]3(C)CCC2(/C=C/C(=O)NC2(c3ncc(Cl)cn3)CC2)CC1=O. The number of nitrogens with one attached hydrogen (secondary N) is 1. The largest absolute Gasteiger partial charge is 0.481 e. The van der Waals surface area contributed by atoms with E-state index in [1.165, 1.54) is 5.57 Å². The first-order valence-electron chi connectivity index (χ1n) is 20.8. The molecule has 8 atom stereocenters. The minimum absolute atomic E-state index is 0.0244. The quantitative estimate of drug-likeness (QED) is 0.187. The summed E-state index contributed by atoms with van der Waals surface area (Å²) in [6.07, 6.45) is 16.2. The van der Waals surface area contributed by atoms with E-state index in [9.17, 15) is 24.3 Å². The van der Waals surface area contributed by atoms with Gasteiger partial charge in [-0.3, -0.25) is 19.2 Å². The van der Waals surface area contributed by atoms with Gasteiger partial charge in [0.1, 0.15) is 11.6 Å². The zero-order valence-corrected chi connectivity index (χ0v) is 35.2. The standard InChI is InChI=1S/C45H62ClN3O6/c1-26(2)35-29(50)22-44(17-14-33(51)49-45(20-21-45)37-47-24-27(46)25-48-37)19-18-42(8)28(36(35)44)10-11-31-41(7)15-13-32(55-34(52)23-39(3,4)38(53)54)40(5,6)30(41)12-16-43(31,42)9/h14,17,24-26,28,30-32H,10-13,15-16,18-23H2,1-9H3,(H,49,51)(H,53,54)/b17-14+/t28?,30-,31+,32-,41-,42+,43+,44?/m0/s1. The minimum atomic E-state index is -1.17. The fraction of sp³-hybridized carbons (Fsp3) is 0.733. The average molecular weight is 776 g/mol. The molecule has 7 rings (SSSR count). The topological polar surface area (TPSA) is 136 Å². The number of carbonyl (C=O) groups is 4. The lowest BCUT2D eigenvalue weighted by Crippen LogP contribution is -2.65. The molecule has 0 saturated heterocycles. The Hall–Kier alpha value is -3.07. The molecule has 2 unspecified atom stereocenters. The third kappa shape index (κ3) is 6.23. The first-order chi connectivity index (χ1) is 25.6. The molecule has 6 aliphatic rings. The van der Waals surface area contributed by atoms with Crippen LogP contribution in [-0.4, -0.2) is 44.8 Å². The van der Waals surface area contributed by atoms with Gasteiger partial charge in [0.05, 0.1) is 16.9 Å². The summed E-state index contributed by atoms with van der Waals surface area (Å²) in [5.41, 5.74) is -0.107. The van der Waals surface area contributed by atoms with Crippen LogP contribution in [0.25, 0.3) is 0 Å². The van der Waals surface area contributed by atoms with Gasteiger partial charge in [0.25, 0.3) is 0 Å². The monoisotopic (exact) mass is 775 g/mol. The summed E-state index contributed by atoms with van der Waals surface area (Å²) in [4.78, 5) is 61.3. The van der Waals surface area contributed by atoms with Crippen molar-refractivity contribution in [1.82, 2.24) is 15.3 Å². The normalized spacial score (nSPS) is 37.5. The van der Waals surface area contributed by atoms with Gasteiger partial charge in [0.2, 0.25) is 5.91 Å². The summed E-state index contributed by atoms with van der Waals surface area (Å²) >= 11 is 6.03. The Morgan fingerprint density at radius 2 is 1.62 bits per heavy atom. The molecular weight excluding hydrogens is 714 g/mol. The second kappa shape index (κ2) is 13.2. The Labute approximate surface area is 332 Å². The number of Topliss-reactive ketones (excluding diaryl/α,β-unsaturated/α-hetero) is 1. The molecule has 1 heterocycles. The Kier molecular flexibility index (Phi) is 9.66. The lowest BCUT2D eigenvalue weighted by atomic mass is 9.33. The number of fused-ring (bicyclic) bond motifs is 7. The summed E-state index contributed by atoms with van der Waals surface area (Å²) in [5.74, 6) is 0.384. The highest BCUT2D eigenvalue weighted by molar-refractivity contribution is 6.30. The van der Waals surface area contributed by atoms with Crippen LogP contribution >= 0.6 is 11.6 Å². The van der Waals surface area contributed by atoms with Crippen molar-refractivity contribution in [3.05, 3.63) is 46.5 Å². The van der Waals surface area contributed by atoms with Crippen LogP contribution < -0.4 is 5.32 Å². The number of carboxylic acids is 1. The summed E-state index contributed by atoms with van der Waals surface area (Å²) in [5, 5.41) is 13.3. The number of allylic oxidation sites excluding steroid dienone is 3. The van der Waals surface area contributed by atoms with Crippen LogP contribution in [0.5, 0.6) is 0 Å². The zero-order valence-electron chi connectivity index (χ0n) is 34.4. The molecule has 5 saturated carbocycles. The molecule has 0 spiro atoms. The molecule has 0 aliphatic heterocycles. The molecule has 1 aromatic rings. The maximum absolute atomic E-state index is 14.1. The summed E-state index contributed by atoms with van der Waals surface area (Å²) in [6.45, 7) is 19.6. The van der Waals surface area contributed by atoms with Crippen LogP contribution in [0.2, 0.25) is 5.02 Å². The number of carbonyl (C=O) groups excluding carboxylic acids is 3. The van der Waals surface area contributed by atoms with E-state index in [-0.39, 0.29) is 57.7 Å². The van der Waals surface area contributed by atoms with E-state index in [1.54, 1.807) is 32.3 Å². The lowest BCUT2D eigenvalue weighted by Gasteiger charge is -2.72. The Bertz CT molecular complexity index is 1850. The summed E-state index contributed by atoms with van der Waals surface area (Å²) < 4.78 is 6.17. The molecule has 5 fully saturated rings. The van der Waals surface area contributed by atoms with Crippen molar-refractivity contribution >= 4 is 35.2 Å². The number of ether oxygens (including phenoxy) is 1. The highest BCUT2D eigenvalue weighted by Crippen LogP contribution is 2.77. The molecule has 1 aromatic heterocycles. The number of nitrogens with zero attached hydrogens (tertiary/aromatic N) is 2. The Balaban J connectivity index is 1.14. The van der Waals surface area contributed by atoms with Crippen molar-refractivity contribution in [2.45, 2.75) is 151 Å². The van der Waals surface area contributed by atoms with E-state index in [4.69, 9.17) is 16.3 Å². The van der Waals surface area contributed by atoms with Gasteiger partial charge in [-0.2, -0.15) is 0 Å². The second-order valence-electron chi connectivity index (χ2n) is 20.7. The molecule has 6 aliphatic carbocycles. The van der Waals surface area contributed by atoms with Crippen LogP contribution in [0.4, 0.5) is 0 Å². The molecule has 0 bridgehead atoms. The van der Waals surface area contributed by atoms with E-state index < -0.39 is 28.3 Å². The van der Waals surface area contributed by atoms with Crippen molar-refractivity contribution in [1.29, 1.82) is 0 Å². The Morgan fingerprint density at radius 1 is 0.945 bits per heavy atom. The van der Waals surface area contributed by atoms with Gasteiger partial charge in [-0.25, -0.2) is 9.97 Å². The summed E-state index contributed by atoms with van der Waals surface area (Å²) in [6, 6.07) is 0. The molecule has 2 N–H and O–H groups in total. The van der Waals surface area contributed by atoms with E-state index in [2.05, 4.69) is 69.8 Å². The predicted octanol–water partition coefficient (Wildman–Crippen LogP) is 9.18. The molecule has 10 heteroatoms. The van der Waals surface area contributed by atoms with Crippen LogP contribution in [0.1, 0.15) is 145 Å². The number of halogens is 1. The van der Waals surface area contributed by atoms with E-state index in [0.29, 0.717) is 29.1 Å². The van der Waals surface area contributed by atoms with E-state index >= 15 is 0 Å². The van der Waals surface area contributed by atoms with Gasteiger partial charge >= 0.3 is 11.9 Å². The predicted molar refractivity (Wildman–Crippen MR) is 211 cm³/mol. The first-order valence-corrected chi connectivity index (χ1v) is 21.1. The van der Waals surface area contributed by atoms with Gasteiger partial charge in [-0.15, -0.1) is 0 Å². The highest BCUT2D eigenvalue weighted by Gasteiger charge is 2.70. The van der Waals surface area contributed by atoms with Gasteiger partial charge < -0.3 is 15.2 Å². The first kappa shape index (κ1) is 40.1.